The fourth-order valence-electron chi connectivity index (χ4n) is 2.09. The van der Waals surface area contributed by atoms with Crippen LogP contribution in [-0.4, -0.2) is 17.8 Å². The van der Waals surface area contributed by atoms with E-state index in [0.29, 0.717) is 11.3 Å². The zero-order valence-electron chi connectivity index (χ0n) is 11.2. The predicted molar refractivity (Wildman–Crippen MR) is 76.5 cm³/mol. The summed E-state index contributed by atoms with van der Waals surface area (Å²) in [6.45, 7) is 7.78. The highest BCUT2D eigenvalue weighted by Crippen LogP contribution is 2.25. The topological polar surface area (TPSA) is 25.2 Å². The number of hydrogen-bond donors (Lipinski definition) is 1. The van der Waals surface area contributed by atoms with Crippen LogP contribution in [-0.2, 0) is 5.75 Å². The van der Waals surface area contributed by atoms with E-state index in [1.165, 1.54) is 19.3 Å². The van der Waals surface area contributed by atoms with Crippen molar-refractivity contribution in [2.45, 2.75) is 57.1 Å². The summed E-state index contributed by atoms with van der Waals surface area (Å²) in [4.78, 5) is 0. The molecule has 2 unspecified atom stereocenters. The third-order valence-corrected chi connectivity index (χ3v) is 4.48. The highest BCUT2D eigenvalue weighted by atomic mass is 32.2. The van der Waals surface area contributed by atoms with E-state index in [1.807, 2.05) is 17.8 Å². The molecule has 2 atom stereocenters. The van der Waals surface area contributed by atoms with Gasteiger partial charge in [-0.1, -0.05) is 27.2 Å². The summed E-state index contributed by atoms with van der Waals surface area (Å²) in [5.41, 5.74) is 0. The fourth-order valence-corrected chi connectivity index (χ4v) is 3.34. The molecular weight excluding hydrogens is 230 g/mol. The lowest BCUT2D eigenvalue weighted by molar-refractivity contribution is 0.464. The third kappa shape index (κ3) is 5.17. The van der Waals surface area contributed by atoms with Crippen LogP contribution in [0.2, 0.25) is 0 Å². The lowest BCUT2D eigenvalue weighted by Crippen LogP contribution is -2.37. The number of rotatable bonds is 9. The van der Waals surface area contributed by atoms with Gasteiger partial charge in [-0.25, -0.2) is 0 Å². The van der Waals surface area contributed by atoms with Gasteiger partial charge in [-0.2, -0.15) is 0 Å². The summed E-state index contributed by atoms with van der Waals surface area (Å²) in [7, 11) is 0. The molecule has 0 saturated carbocycles. The molecule has 0 aliphatic rings. The second-order valence-corrected chi connectivity index (χ2v) is 5.52. The molecule has 0 radical (unpaired) electrons. The molecule has 2 nitrogen and oxygen atoms in total. The standard InChI is InChI=1S/C14H25NOS/c1-4-8-13(15-6-3)14(5-2)17-11-12-9-7-10-16-12/h7,9-10,13-15H,4-6,8,11H2,1-3H3. The van der Waals surface area contributed by atoms with Gasteiger partial charge in [-0.05, 0) is 31.5 Å². The van der Waals surface area contributed by atoms with Crippen molar-refractivity contribution in [1.29, 1.82) is 0 Å². The van der Waals surface area contributed by atoms with Crippen molar-refractivity contribution in [2.75, 3.05) is 6.54 Å². The maximum atomic E-state index is 5.39. The molecule has 0 aliphatic carbocycles. The summed E-state index contributed by atoms with van der Waals surface area (Å²) >= 11 is 2.01. The molecule has 98 valence electrons. The zero-order chi connectivity index (χ0) is 12.5. The van der Waals surface area contributed by atoms with Crippen molar-refractivity contribution >= 4 is 11.8 Å². The van der Waals surface area contributed by atoms with Gasteiger partial charge < -0.3 is 9.73 Å². The lowest BCUT2D eigenvalue weighted by atomic mass is 10.1. The Labute approximate surface area is 110 Å². The molecule has 0 amide bonds. The summed E-state index contributed by atoms with van der Waals surface area (Å²) < 4.78 is 5.39. The molecule has 1 N–H and O–H groups in total. The van der Waals surface area contributed by atoms with Crippen LogP contribution < -0.4 is 5.32 Å². The molecule has 0 fully saturated rings. The van der Waals surface area contributed by atoms with Crippen LogP contribution in [0, 0.1) is 0 Å². The smallest absolute Gasteiger partial charge is 0.113 e. The number of hydrogen-bond acceptors (Lipinski definition) is 3. The van der Waals surface area contributed by atoms with Gasteiger partial charge in [-0.3, -0.25) is 0 Å². The molecule has 1 aromatic heterocycles. The Hall–Kier alpha value is -0.410. The first-order valence-corrected chi connectivity index (χ1v) is 7.74. The van der Waals surface area contributed by atoms with E-state index in [2.05, 4.69) is 32.2 Å². The molecular formula is C14H25NOS. The van der Waals surface area contributed by atoms with E-state index in [0.717, 1.165) is 18.1 Å². The molecule has 1 aromatic rings. The third-order valence-electron chi connectivity index (χ3n) is 2.94. The van der Waals surface area contributed by atoms with Gasteiger partial charge in [0.1, 0.15) is 5.76 Å². The Morgan fingerprint density at radius 1 is 1.35 bits per heavy atom. The number of thioether (sulfide) groups is 1. The van der Waals surface area contributed by atoms with E-state index in [-0.39, 0.29) is 0 Å². The molecule has 1 rings (SSSR count). The highest BCUT2D eigenvalue weighted by Gasteiger charge is 2.18. The van der Waals surface area contributed by atoms with Crippen molar-refractivity contribution in [3.63, 3.8) is 0 Å². The van der Waals surface area contributed by atoms with Crippen LogP contribution in [0.15, 0.2) is 22.8 Å². The van der Waals surface area contributed by atoms with Gasteiger partial charge in [-0.15, -0.1) is 11.8 Å². The molecule has 0 aliphatic heterocycles. The first-order chi connectivity index (χ1) is 8.31. The molecule has 17 heavy (non-hydrogen) atoms. The maximum absolute atomic E-state index is 5.39. The van der Waals surface area contributed by atoms with Crippen molar-refractivity contribution in [1.82, 2.24) is 5.32 Å². The SMILES string of the molecule is CCCC(NCC)C(CC)SCc1ccco1. The van der Waals surface area contributed by atoms with Crippen LogP contribution in [0.1, 0.15) is 45.8 Å². The largest absolute Gasteiger partial charge is 0.468 e. The minimum Gasteiger partial charge on any atom is -0.468 e. The number of furan rings is 1. The van der Waals surface area contributed by atoms with Crippen molar-refractivity contribution < 1.29 is 4.42 Å². The Kier molecular flexibility index (Phi) is 7.45. The molecule has 0 bridgehead atoms. The molecule has 1 heterocycles. The average Bonchev–Trinajstić information content (AvgIpc) is 2.83. The second-order valence-electron chi connectivity index (χ2n) is 4.29. The minimum atomic E-state index is 0.634. The van der Waals surface area contributed by atoms with Crippen LogP contribution in [0.5, 0.6) is 0 Å². The first kappa shape index (κ1) is 14.7. The second kappa shape index (κ2) is 8.65. The fraction of sp³-hybridized carbons (Fsp3) is 0.714. The van der Waals surface area contributed by atoms with Crippen molar-refractivity contribution in [3.05, 3.63) is 24.2 Å². The monoisotopic (exact) mass is 255 g/mol. The predicted octanol–water partition coefficient (Wildman–Crippen LogP) is 4.07. The molecule has 0 spiro atoms. The van der Waals surface area contributed by atoms with Gasteiger partial charge in [0.15, 0.2) is 0 Å². The van der Waals surface area contributed by atoms with E-state index in [4.69, 9.17) is 4.42 Å². The van der Waals surface area contributed by atoms with Gasteiger partial charge in [0.05, 0.1) is 12.0 Å². The lowest BCUT2D eigenvalue weighted by Gasteiger charge is -2.26. The maximum Gasteiger partial charge on any atom is 0.113 e. The minimum absolute atomic E-state index is 0.634. The summed E-state index contributed by atoms with van der Waals surface area (Å²) in [6, 6.07) is 4.65. The van der Waals surface area contributed by atoms with Crippen molar-refractivity contribution in [2.24, 2.45) is 0 Å². The summed E-state index contributed by atoms with van der Waals surface area (Å²) in [6.07, 6.45) is 5.47. The molecule has 0 saturated heterocycles. The Bertz CT molecular complexity index is 268. The summed E-state index contributed by atoms with van der Waals surface area (Å²) in [5.74, 6) is 2.07. The average molecular weight is 255 g/mol. The van der Waals surface area contributed by atoms with E-state index in [1.54, 1.807) is 6.26 Å². The quantitative estimate of drug-likeness (QED) is 0.720. The van der Waals surface area contributed by atoms with Crippen molar-refractivity contribution in [3.8, 4) is 0 Å². The first-order valence-electron chi connectivity index (χ1n) is 6.69. The Morgan fingerprint density at radius 2 is 2.18 bits per heavy atom. The van der Waals surface area contributed by atoms with Gasteiger partial charge in [0.25, 0.3) is 0 Å². The molecule has 3 heteroatoms. The Morgan fingerprint density at radius 3 is 2.71 bits per heavy atom. The molecule has 0 aromatic carbocycles. The Balaban J connectivity index is 2.43. The highest BCUT2D eigenvalue weighted by molar-refractivity contribution is 7.99. The van der Waals surface area contributed by atoms with Gasteiger partial charge in [0.2, 0.25) is 0 Å². The van der Waals surface area contributed by atoms with E-state index < -0.39 is 0 Å². The van der Waals surface area contributed by atoms with Crippen LogP contribution >= 0.6 is 11.8 Å². The summed E-state index contributed by atoms with van der Waals surface area (Å²) in [5, 5.41) is 4.29. The van der Waals surface area contributed by atoms with Gasteiger partial charge in [0, 0.05) is 11.3 Å². The normalized spacial score (nSPS) is 14.8. The van der Waals surface area contributed by atoms with Gasteiger partial charge >= 0.3 is 0 Å². The van der Waals surface area contributed by atoms with E-state index in [9.17, 15) is 0 Å². The van der Waals surface area contributed by atoms with Crippen LogP contribution in [0.25, 0.3) is 0 Å². The van der Waals surface area contributed by atoms with E-state index >= 15 is 0 Å². The van der Waals surface area contributed by atoms with Crippen LogP contribution in [0.4, 0.5) is 0 Å². The van der Waals surface area contributed by atoms with Crippen LogP contribution in [0.3, 0.4) is 0 Å². The number of nitrogens with one attached hydrogen (secondary N) is 1. The zero-order valence-corrected chi connectivity index (χ0v) is 12.1.